The van der Waals surface area contributed by atoms with Crippen LogP contribution in [0.25, 0.3) is 0 Å². The van der Waals surface area contributed by atoms with Crippen molar-refractivity contribution in [3.8, 4) is 0 Å². The van der Waals surface area contributed by atoms with E-state index in [4.69, 9.17) is 37.4 Å². The molecule has 0 unspecified atom stereocenters. The van der Waals surface area contributed by atoms with Gasteiger partial charge in [-0.15, -0.1) is 0 Å². The van der Waals surface area contributed by atoms with E-state index in [1.807, 2.05) is 0 Å². The Bertz CT molecular complexity index is 822. The van der Waals surface area contributed by atoms with Crippen LogP contribution >= 0.6 is 23.2 Å². The first-order valence-corrected chi connectivity index (χ1v) is 8.58. The number of carbonyl (C=O) groups is 2. The Kier molecular flexibility index (Phi) is 6.81. The second-order valence-electron chi connectivity index (χ2n) is 5.26. The number of nitrogens with zero attached hydrogens (tertiary/aromatic N) is 1. The van der Waals surface area contributed by atoms with Gasteiger partial charge in [-0.1, -0.05) is 23.2 Å². The van der Waals surface area contributed by atoms with E-state index in [-0.39, 0.29) is 23.4 Å². The number of hydrogen-bond donors (Lipinski definition) is 1. The smallest absolute Gasteiger partial charge is 0.437 e. The quantitative estimate of drug-likeness (QED) is 0.704. The second kappa shape index (κ2) is 8.88. The molecular weight excluding hydrogens is 399 g/mol. The fourth-order valence-corrected chi connectivity index (χ4v) is 2.56. The lowest BCUT2D eigenvalue weighted by Gasteiger charge is -2.33. The minimum Gasteiger partial charge on any atom is -0.437 e. The Morgan fingerprint density at radius 3 is 2.15 bits per heavy atom. The second-order valence-corrected chi connectivity index (χ2v) is 6.07. The largest absolute Gasteiger partial charge is 0.515 e. The van der Waals surface area contributed by atoms with E-state index in [1.54, 1.807) is 32.9 Å². The molecule has 8 nitrogen and oxygen atoms in total. The lowest BCUT2D eigenvalue weighted by molar-refractivity contribution is 0.0736. The maximum atomic E-state index is 11.9. The number of hydrogen-bond acceptors (Lipinski definition) is 8. The fraction of sp³-hybridized carbons (Fsp3) is 0.294. The normalized spacial score (nSPS) is 13.9. The van der Waals surface area contributed by atoms with E-state index in [0.717, 1.165) is 0 Å². The van der Waals surface area contributed by atoms with Gasteiger partial charge in [-0.2, -0.15) is 0 Å². The number of nitrogens with one attached hydrogen (secondary N) is 1. The van der Waals surface area contributed by atoms with Gasteiger partial charge >= 0.3 is 12.3 Å². The van der Waals surface area contributed by atoms with Crippen LogP contribution in [-0.4, -0.2) is 26.0 Å². The Morgan fingerprint density at radius 2 is 1.63 bits per heavy atom. The van der Waals surface area contributed by atoms with Crippen molar-refractivity contribution in [1.29, 1.82) is 0 Å². The molecule has 0 aliphatic carbocycles. The Morgan fingerprint density at radius 1 is 1.04 bits per heavy atom. The van der Waals surface area contributed by atoms with E-state index in [2.05, 4.69) is 10.1 Å². The first-order valence-electron chi connectivity index (χ1n) is 7.82. The molecule has 1 N–H and O–H groups in total. The summed E-state index contributed by atoms with van der Waals surface area (Å²) in [6, 6.07) is 4.71. The van der Waals surface area contributed by atoms with Gasteiger partial charge in [0.25, 0.3) is 0 Å². The molecule has 0 amide bonds. The number of allylic oxidation sites excluding steroid dienone is 2. The van der Waals surface area contributed by atoms with Crippen LogP contribution < -0.4 is 10.2 Å². The number of methoxy groups -OCH3 is 1. The van der Waals surface area contributed by atoms with Crippen LogP contribution in [0.1, 0.15) is 20.8 Å². The molecule has 1 heterocycles. The highest BCUT2D eigenvalue weighted by atomic mass is 35.5. The number of anilines is 1. The monoisotopic (exact) mass is 416 g/mol. The van der Waals surface area contributed by atoms with Gasteiger partial charge in [-0.3, -0.25) is 0 Å². The van der Waals surface area contributed by atoms with Crippen molar-refractivity contribution in [2.75, 3.05) is 18.6 Å². The van der Waals surface area contributed by atoms with Gasteiger partial charge in [0.15, 0.2) is 0 Å². The molecule has 10 heteroatoms. The molecule has 1 aromatic carbocycles. The topological polar surface area (TPSA) is 86.3 Å². The van der Waals surface area contributed by atoms with Crippen molar-refractivity contribution in [2.24, 2.45) is 0 Å². The Balaban J connectivity index is 2.55. The molecule has 0 spiro atoms. The van der Waals surface area contributed by atoms with E-state index in [1.165, 1.54) is 18.1 Å². The summed E-state index contributed by atoms with van der Waals surface area (Å²) in [5, 5.41) is 3.57. The number of ether oxygens (including phenoxy) is 4. The third kappa shape index (κ3) is 4.78. The lowest BCUT2D eigenvalue weighted by Crippen LogP contribution is -2.37. The number of benzene rings is 1. The molecule has 146 valence electrons. The van der Waals surface area contributed by atoms with Crippen molar-refractivity contribution < 1.29 is 28.5 Å². The molecule has 0 aromatic heterocycles. The van der Waals surface area contributed by atoms with Crippen LogP contribution in [-0.2, 0) is 18.9 Å². The molecule has 1 aliphatic rings. The number of halogens is 2. The van der Waals surface area contributed by atoms with Crippen LogP contribution in [0.4, 0.5) is 15.3 Å². The predicted octanol–water partition coefficient (Wildman–Crippen LogP) is 4.74. The van der Waals surface area contributed by atoms with Crippen LogP contribution in [0, 0.1) is 0 Å². The van der Waals surface area contributed by atoms with Crippen LogP contribution in [0.5, 0.6) is 0 Å². The van der Waals surface area contributed by atoms with Gasteiger partial charge in [0.05, 0.1) is 40.8 Å². The molecule has 1 aromatic rings. The van der Waals surface area contributed by atoms with E-state index in [9.17, 15) is 9.59 Å². The van der Waals surface area contributed by atoms with Crippen molar-refractivity contribution in [2.45, 2.75) is 20.8 Å². The third-order valence-corrected chi connectivity index (χ3v) is 4.11. The van der Waals surface area contributed by atoms with Gasteiger partial charge in [0.2, 0.25) is 11.8 Å². The molecule has 1 aliphatic heterocycles. The zero-order valence-corrected chi connectivity index (χ0v) is 16.6. The highest BCUT2D eigenvalue weighted by Gasteiger charge is 2.32. The van der Waals surface area contributed by atoms with Crippen molar-refractivity contribution in [3.05, 3.63) is 51.4 Å². The SMILES string of the molecule is CCOC(=O)OC1=C(C)NC(C)=C(OC(=O)OC)N1c1ccc(Cl)c(Cl)c1. The standard InChI is InChI=1S/C17H18Cl2N2O6/c1-5-25-17(23)27-15-10(3)20-9(2)14(26-16(22)24-4)21(15)11-6-7-12(18)13(19)8-11/h6-8,20H,5H2,1-4H3. The summed E-state index contributed by atoms with van der Waals surface area (Å²) in [6.45, 7) is 5.13. The first kappa shape index (κ1) is 20.7. The fourth-order valence-electron chi connectivity index (χ4n) is 2.27. The minimum atomic E-state index is -0.953. The molecule has 0 saturated heterocycles. The Hall–Kier alpha value is -2.58. The summed E-state index contributed by atoms with van der Waals surface area (Å²) in [6.07, 6.45) is -1.87. The van der Waals surface area contributed by atoms with E-state index < -0.39 is 12.3 Å². The van der Waals surface area contributed by atoms with Gasteiger partial charge in [-0.25, -0.2) is 14.5 Å². The third-order valence-electron chi connectivity index (χ3n) is 3.37. The minimum absolute atomic E-state index is 0.0325. The maximum absolute atomic E-state index is 11.9. The van der Waals surface area contributed by atoms with Gasteiger partial charge in [-0.05, 0) is 39.0 Å². The molecule has 27 heavy (non-hydrogen) atoms. The van der Waals surface area contributed by atoms with Gasteiger partial charge in [0.1, 0.15) is 0 Å². The zero-order valence-electron chi connectivity index (χ0n) is 15.1. The summed E-state index contributed by atoms with van der Waals surface area (Å²) in [4.78, 5) is 25.0. The van der Waals surface area contributed by atoms with Gasteiger partial charge in [0, 0.05) is 0 Å². The summed E-state index contributed by atoms with van der Waals surface area (Å²) >= 11 is 12.1. The summed E-state index contributed by atoms with van der Waals surface area (Å²) in [5.74, 6) is 0.0708. The van der Waals surface area contributed by atoms with Crippen LogP contribution in [0.15, 0.2) is 41.4 Å². The maximum Gasteiger partial charge on any atom is 0.515 e. The van der Waals surface area contributed by atoms with E-state index in [0.29, 0.717) is 22.1 Å². The van der Waals surface area contributed by atoms with Gasteiger partial charge < -0.3 is 24.3 Å². The number of carbonyl (C=O) groups excluding carboxylic acids is 2. The molecule has 0 bridgehead atoms. The average Bonchev–Trinajstić information content (AvgIpc) is 2.61. The molecule has 0 radical (unpaired) electrons. The molecular formula is C17H18Cl2N2O6. The molecule has 2 rings (SSSR count). The van der Waals surface area contributed by atoms with Crippen molar-refractivity contribution in [1.82, 2.24) is 5.32 Å². The molecule has 0 fully saturated rings. The highest BCUT2D eigenvalue weighted by molar-refractivity contribution is 6.42. The van der Waals surface area contributed by atoms with Crippen molar-refractivity contribution >= 4 is 41.2 Å². The van der Waals surface area contributed by atoms with Crippen LogP contribution in [0.2, 0.25) is 10.0 Å². The van der Waals surface area contributed by atoms with Crippen LogP contribution in [0.3, 0.4) is 0 Å². The summed E-state index contributed by atoms with van der Waals surface area (Å²) in [7, 11) is 1.18. The Labute approximate surface area is 166 Å². The number of rotatable bonds is 4. The first-order chi connectivity index (χ1) is 12.8. The van der Waals surface area contributed by atoms with E-state index >= 15 is 0 Å². The molecule has 0 saturated carbocycles. The molecule has 0 atom stereocenters. The predicted molar refractivity (Wildman–Crippen MR) is 99.1 cm³/mol. The average molecular weight is 417 g/mol. The summed E-state index contributed by atoms with van der Waals surface area (Å²) in [5.41, 5.74) is 1.38. The lowest BCUT2D eigenvalue weighted by atomic mass is 10.2. The van der Waals surface area contributed by atoms with Crippen molar-refractivity contribution in [3.63, 3.8) is 0 Å². The zero-order chi connectivity index (χ0) is 20.1. The highest BCUT2D eigenvalue weighted by Crippen LogP contribution is 2.35. The summed E-state index contributed by atoms with van der Waals surface area (Å²) < 4.78 is 20.0.